The monoisotopic (exact) mass is 499 g/mol. The van der Waals surface area contributed by atoms with Crippen LogP contribution < -0.4 is 15.4 Å². The number of carbonyl (C=O) groups is 1. The smallest absolute Gasteiger partial charge is 0.116 e. The summed E-state index contributed by atoms with van der Waals surface area (Å²) in [5, 5.41) is 10.7. The van der Waals surface area contributed by atoms with Gasteiger partial charge in [-0.25, -0.2) is 4.21 Å². The summed E-state index contributed by atoms with van der Waals surface area (Å²) in [6.07, 6.45) is 1.62. The zero-order valence-corrected chi connectivity index (χ0v) is 18.6. The fourth-order valence-corrected chi connectivity index (χ4v) is 5.62. The summed E-state index contributed by atoms with van der Waals surface area (Å²) in [5.74, 6) is -0.379. The zero-order chi connectivity index (χ0) is 21.4. The number of anilines is 2. The average molecular weight is 499 g/mol. The minimum absolute atomic E-state index is 0.103. The Morgan fingerprint density at radius 3 is 2.45 bits per heavy atom. The average Bonchev–Trinajstić information content (AvgIpc) is 3.23. The van der Waals surface area contributed by atoms with Crippen molar-refractivity contribution in [3.05, 3.63) is 60.2 Å². The van der Waals surface area contributed by atoms with Crippen molar-refractivity contribution in [2.75, 3.05) is 11.1 Å². The molecule has 3 rings (SSSR count). The van der Waals surface area contributed by atoms with Crippen molar-refractivity contribution in [3.8, 4) is 0 Å². The van der Waals surface area contributed by atoms with E-state index in [0.29, 0.717) is 5.69 Å². The van der Waals surface area contributed by atoms with E-state index in [0.717, 1.165) is 9.10 Å². The molecule has 29 heavy (non-hydrogen) atoms. The van der Waals surface area contributed by atoms with Crippen molar-refractivity contribution in [1.82, 2.24) is 4.98 Å². The van der Waals surface area contributed by atoms with Crippen molar-refractivity contribution < 1.29 is 26.0 Å². The Morgan fingerprint density at radius 1 is 1.24 bits per heavy atom. The van der Waals surface area contributed by atoms with E-state index in [-0.39, 0.29) is 15.9 Å². The van der Waals surface area contributed by atoms with Crippen LogP contribution in [0.4, 0.5) is 11.4 Å². The number of nitrogens with two attached hydrogens (primary N) is 1. The molecule has 0 fully saturated rings. The van der Waals surface area contributed by atoms with Crippen LogP contribution in [0.2, 0.25) is 0 Å². The summed E-state index contributed by atoms with van der Waals surface area (Å²) < 4.78 is 36.7. The fourth-order valence-electron chi connectivity index (χ4n) is 2.06. The Balaban J connectivity index is 0.000000207. The first-order valence-electron chi connectivity index (χ1n) is 7.93. The molecule has 5 N–H and O–H groups in total. The topological polar surface area (TPSA) is 152 Å². The van der Waals surface area contributed by atoms with Gasteiger partial charge < -0.3 is 5.73 Å². The van der Waals surface area contributed by atoms with E-state index in [1.807, 2.05) is 0 Å². The van der Waals surface area contributed by atoms with Crippen molar-refractivity contribution in [1.29, 1.82) is 0 Å². The van der Waals surface area contributed by atoms with Gasteiger partial charge >= 0.3 is 88.4 Å². The van der Waals surface area contributed by atoms with E-state index in [4.69, 9.17) is 11.0 Å². The predicted octanol–water partition coefficient (Wildman–Crippen LogP) is 1.60. The van der Waals surface area contributed by atoms with Gasteiger partial charge in [0.15, 0.2) is 0 Å². The maximum Gasteiger partial charge on any atom is 0.116 e. The van der Waals surface area contributed by atoms with Crippen LogP contribution in [0.3, 0.4) is 0 Å². The molecule has 0 saturated heterocycles. The molecular formula is C17H18AsN3O6S2. The number of carbonyl (C=O) groups excluding carboxylic acids is 1. The molecule has 3 aromatic rings. The SMILES string of the molecule is CC(=O)Nc1ccccc1[As](=O)(O)OO.Nc1ccc(S(=O)c2cncs2)cc1. The largest absolute Gasteiger partial charge is 0.399 e. The van der Waals surface area contributed by atoms with E-state index in [2.05, 4.69) is 14.2 Å². The van der Waals surface area contributed by atoms with Gasteiger partial charge in [0.1, 0.15) is 4.21 Å². The number of para-hydroxylation sites is 1. The van der Waals surface area contributed by atoms with Gasteiger partial charge in [0.25, 0.3) is 0 Å². The number of nitrogens with one attached hydrogen (secondary N) is 1. The van der Waals surface area contributed by atoms with Crippen LogP contribution in [0, 0.1) is 0 Å². The van der Waals surface area contributed by atoms with E-state index < -0.39 is 25.0 Å². The molecule has 1 amide bonds. The summed E-state index contributed by atoms with van der Waals surface area (Å²) in [5.41, 5.74) is 8.04. The van der Waals surface area contributed by atoms with E-state index in [9.17, 15) is 16.8 Å². The second-order valence-corrected chi connectivity index (χ2v) is 11.6. The number of nitrogens with zero attached hydrogens (tertiary/aromatic N) is 1. The summed E-state index contributed by atoms with van der Waals surface area (Å²) in [6.45, 7) is 1.27. The first-order valence-corrected chi connectivity index (χ1v) is 13.3. The van der Waals surface area contributed by atoms with Gasteiger partial charge in [-0.15, -0.1) is 11.3 Å². The second kappa shape index (κ2) is 10.5. The molecular weight excluding hydrogens is 481 g/mol. The molecule has 0 spiro atoms. The molecule has 0 radical (unpaired) electrons. The number of rotatable bonds is 5. The zero-order valence-electron chi connectivity index (χ0n) is 15.1. The first kappa shape index (κ1) is 23.0. The molecule has 0 aliphatic carbocycles. The predicted molar refractivity (Wildman–Crippen MR) is 110 cm³/mol. The third-order valence-electron chi connectivity index (χ3n) is 3.32. The Labute approximate surface area is 175 Å². The van der Waals surface area contributed by atoms with Crippen molar-refractivity contribution in [2.45, 2.75) is 16.0 Å². The molecule has 0 saturated carbocycles. The Hall–Kier alpha value is -2.27. The van der Waals surface area contributed by atoms with Gasteiger partial charge in [-0.05, 0) is 24.3 Å². The number of benzene rings is 2. The quantitative estimate of drug-likeness (QED) is 0.179. The molecule has 12 heteroatoms. The van der Waals surface area contributed by atoms with Crippen LogP contribution in [0.15, 0.2) is 69.3 Å². The molecule has 154 valence electrons. The van der Waals surface area contributed by atoms with Gasteiger partial charge in [-0.2, -0.15) is 0 Å². The normalized spacial score (nSPS) is 13.5. The Kier molecular flexibility index (Phi) is 8.32. The number of hydrogen-bond acceptors (Lipinski definition) is 8. The number of aromatic nitrogens is 1. The molecule has 0 aliphatic heterocycles. The van der Waals surface area contributed by atoms with Gasteiger partial charge in [-0.3, -0.25) is 4.98 Å². The number of hydrogen-bond donors (Lipinski definition) is 4. The third-order valence-corrected chi connectivity index (χ3v) is 8.36. The van der Waals surface area contributed by atoms with Crippen LogP contribution in [0.25, 0.3) is 0 Å². The molecule has 0 aliphatic rings. The van der Waals surface area contributed by atoms with Crippen molar-refractivity contribution >= 4 is 57.9 Å². The second-order valence-electron chi connectivity index (χ2n) is 5.46. The minimum atomic E-state index is -4.92. The summed E-state index contributed by atoms with van der Waals surface area (Å²) in [6, 6.07) is 12.9. The van der Waals surface area contributed by atoms with E-state index >= 15 is 0 Å². The molecule has 1 aromatic heterocycles. The Morgan fingerprint density at radius 2 is 1.90 bits per heavy atom. The molecule has 0 bridgehead atoms. The summed E-state index contributed by atoms with van der Waals surface area (Å²) >= 11 is -3.54. The maximum absolute atomic E-state index is 11.9. The maximum atomic E-state index is 11.9. The van der Waals surface area contributed by atoms with Crippen LogP contribution in [0.1, 0.15) is 6.92 Å². The molecule has 1 heterocycles. The van der Waals surface area contributed by atoms with Crippen LogP contribution >= 0.6 is 11.3 Å². The third kappa shape index (κ3) is 6.63. The van der Waals surface area contributed by atoms with Crippen LogP contribution in [-0.4, -0.2) is 38.6 Å². The number of thiazole rings is 1. The molecule has 2 atom stereocenters. The minimum Gasteiger partial charge on any atom is -0.399 e. The molecule has 2 unspecified atom stereocenters. The standard InChI is InChI=1S/C9H8N2OS2.C8H10AsNO5/c10-7-1-3-8(4-2-7)14(12)9-5-11-6-13-9;1-6(11)10-8-5-3-2-4-7(8)9(12,13)15-14/h1-6H,10H2;2-5,14H,1H3,(H,10,11)(H,12,13). The molecule has 9 nitrogen and oxygen atoms in total. The van der Waals surface area contributed by atoms with Gasteiger partial charge in [0.05, 0.1) is 22.5 Å². The first-order chi connectivity index (χ1) is 13.7. The summed E-state index contributed by atoms with van der Waals surface area (Å²) in [4.78, 5) is 15.4. The van der Waals surface area contributed by atoms with E-state index in [1.54, 1.807) is 42.0 Å². The van der Waals surface area contributed by atoms with Crippen molar-refractivity contribution in [2.24, 2.45) is 0 Å². The van der Waals surface area contributed by atoms with Gasteiger partial charge in [0, 0.05) is 10.6 Å². The summed E-state index contributed by atoms with van der Waals surface area (Å²) in [7, 11) is -1.12. The van der Waals surface area contributed by atoms with Crippen molar-refractivity contribution in [3.63, 3.8) is 0 Å². The number of nitrogen functional groups attached to an aromatic ring is 1. The van der Waals surface area contributed by atoms with E-state index in [1.165, 1.54) is 36.5 Å². The van der Waals surface area contributed by atoms with Gasteiger partial charge in [0.2, 0.25) is 0 Å². The number of amides is 1. The molecule has 2 aromatic carbocycles. The van der Waals surface area contributed by atoms with Crippen LogP contribution in [0.5, 0.6) is 0 Å². The fraction of sp³-hybridized carbons (Fsp3) is 0.0588. The van der Waals surface area contributed by atoms with Crippen LogP contribution in [-0.2, 0) is 23.2 Å². The van der Waals surface area contributed by atoms with Gasteiger partial charge in [-0.1, -0.05) is 0 Å². The Bertz CT molecular complexity index is 1030.